The molecule has 0 saturated heterocycles. The Hall–Kier alpha value is -2.60. The topological polar surface area (TPSA) is 57.2 Å². The predicted octanol–water partition coefficient (Wildman–Crippen LogP) is 4.38. The molecule has 1 aliphatic rings. The van der Waals surface area contributed by atoms with Crippen molar-refractivity contribution in [1.82, 2.24) is 4.90 Å². The Balaban J connectivity index is 1.76. The highest BCUT2D eigenvalue weighted by Gasteiger charge is 2.20. The molecular formula is C21H24ClNO5. The van der Waals surface area contributed by atoms with Gasteiger partial charge in [0.15, 0.2) is 23.0 Å². The first-order valence-electron chi connectivity index (χ1n) is 9.03. The number of hydrogen-bond donors (Lipinski definition) is 0. The summed E-state index contributed by atoms with van der Waals surface area (Å²) in [4.78, 5) is 14.5. The van der Waals surface area contributed by atoms with Crippen molar-refractivity contribution in [1.29, 1.82) is 0 Å². The Morgan fingerprint density at radius 2 is 1.96 bits per heavy atom. The molecule has 0 aromatic heterocycles. The summed E-state index contributed by atoms with van der Waals surface area (Å²) in [5.74, 6) is 2.46. The number of methoxy groups -OCH3 is 1. The Kier molecular flexibility index (Phi) is 6.19. The van der Waals surface area contributed by atoms with E-state index >= 15 is 0 Å². The smallest absolute Gasteiger partial charge is 0.254 e. The second kappa shape index (κ2) is 8.61. The zero-order valence-corrected chi connectivity index (χ0v) is 17.2. The van der Waals surface area contributed by atoms with Crippen LogP contribution in [0.2, 0.25) is 5.02 Å². The van der Waals surface area contributed by atoms with E-state index in [2.05, 4.69) is 0 Å². The molecule has 1 heterocycles. The molecule has 2 aromatic carbocycles. The maximum atomic E-state index is 12.9. The minimum absolute atomic E-state index is 0.173. The van der Waals surface area contributed by atoms with Gasteiger partial charge in [0.1, 0.15) is 0 Å². The normalized spacial score (nSPS) is 12.2. The fourth-order valence-corrected chi connectivity index (χ4v) is 3.10. The van der Waals surface area contributed by atoms with E-state index in [1.54, 1.807) is 24.1 Å². The molecule has 1 aliphatic heterocycles. The fourth-order valence-electron chi connectivity index (χ4n) is 2.84. The van der Waals surface area contributed by atoms with Gasteiger partial charge in [-0.1, -0.05) is 31.5 Å². The molecule has 28 heavy (non-hydrogen) atoms. The predicted molar refractivity (Wildman–Crippen MR) is 107 cm³/mol. The van der Waals surface area contributed by atoms with Crippen LogP contribution in [0.3, 0.4) is 0 Å². The lowest BCUT2D eigenvalue weighted by Crippen LogP contribution is -2.26. The van der Waals surface area contributed by atoms with Gasteiger partial charge in [0.25, 0.3) is 5.91 Å². The minimum atomic E-state index is -0.173. The van der Waals surface area contributed by atoms with Crippen molar-refractivity contribution in [2.24, 2.45) is 5.92 Å². The highest BCUT2D eigenvalue weighted by Crippen LogP contribution is 2.37. The summed E-state index contributed by atoms with van der Waals surface area (Å²) < 4.78 is 21.8. The molecule has 0 unspecified atom stereocenters. The lowest BCUT2D eigenvalue weighted by atomic mass is 10.1. The van der Waals surface area contributed by atoms with Gasteiger partial charge in [0, 0.05) is 19.2 Å². The average molecular weight is 406 g/mol. The van der Waals surface area contributed by atoms with Crippen molar-refractivity contribution in [3.63, 3.8) is 0 Å². The van der Waals surface area contributed by atoms with Gasteiger partial charge in [-0.15, -0.1) is 0 Å². The van der Waals surface area contributed by atoms with Crippen LogP contribution in [0.4, 0.5) is 0 Å². The summed E-state index contributed by atoms with van der Waals surface area (Å²) in [6.07, 6.45) is 0. The summed E-state index contributed by atoms with van der Waals surface area (Å²) in [7, 11) is 3.26. The number of halogens is 1. The van der Waals surface area contributed by atoms with Crippen molar-refractivity contribution in [3.05, 3.63) is 46.5 Å². The van der Waals surface area contributed by atoms with Gasteiger partial charge >= 0.3 is 0 Å². The number of fused-ring (bicyclic) bond motifs is 1. The molecule has 0 N–H and O–H groups in total. The van der Waals surface area contributed by atoms with E-state index in [1.807, 2.05) is 32.0 Å². The van der Waals surface area contributed by atoms with Crippen molar-refractivity contribution in [2.45, 2.75) is 20.4 Å². The Morgan fingerprint density at radius 3 is 2.68 bits per heavy atom. The lowest BCUT2D eigenvalue weighted by Gasteiger charge is -2.20. The maximum Gasteiger partial charge on any atom is 0.254 e. The van der Waals surface area contributed by atoms with Crippen LogP contribution < -0.4 is 18.9 Å². The largest absolute Gasteiger partial charge is 0.493 e. The van der Waals surface area contributed by atoms with Crippen molar-refractivity contribution in [2.75, 3.05) is 27.6 Å². The summed E-state index contributed by atoms with van der Waals surface area (Å²) in [6, 6.07) is 8.89. The van der Waals surface area contributed by atoms with E-state index in [0.717, 1.165) is 5.56 Å². The molecule has 3 rings (SSSR count). The van der Waals surface area contributed by atoms with E-state index in [4.69, 9.17) is 30.5 Å². The lowest BCUT2D eigenvalue weighted by molar-refractivity contribution is 0.0784. The van der Waals surface area contributed by atoms with Gasteiger partial charge in [0.05, 0.1) is 18.7 Å². The third kappa shape index (κ3) is 4.44. The van der Waals surface area contributed by atoms with Crippen LogP contribution in [-0.4, -0.2) is 38.4 Å². The van der Waals surface area contributed by atoms with Crippen LogP contribution in [0.1, 0.15) is 29.8 Å². The summed E-state index contributed by atoms with van der Waals surface area (Å²) in [5.41, 5.74) is 1.37. The molecule has 0 atom stereocenters. The molecule has 6 nitrogen and oxygen atoms in total. The first kappa shape index (κ1) is 20.1. The van der Waals surface area contributed by atoms with Gasteiger partial charge in [-0.3, -0.25) is 4.79 Å². The molecular weight excluding hydrogens is 382 g/mol. The number of nitrogens with zero attached hydrogens (tertiary/aromatic N) is 1. The monoisotopic (exact) mass is 405 g/mol. The van der Waals surface area contributed by atoms with Crippen molar-refractivity contribution < 1.29 is 23.7 Å². The standard InChI is InChI=1S/C21H24ClNO5/c1-13(2)11-26-20-16(22)8-15(9-19(20)25-4)21(24)23(3)10-14-5-6-17-18(7-14)28-12-27-17/h5-9,13H,10-12H2,1-4H3. The molecule has 7 heteroatoms. The van der Waals surface area contributed by atoms with E-state index in [-0.39, 0.29) is 12.7 Å². The van der Waals surface area contributed by atoms with E-state index < -0.39 is 0 Å². The fraction of sp³-hybridized carbons (Fsp3) is 0.381. The Labute approximate surface area is 169 Å². The molecule has 1 amide bonds. The van der Waals surface area contributed by atoms with Crippen LogP contribution in [0, 0.1) is 5.92 Å². The van der Waals surface area contributed by atoms with Gasteiger partial charge in [-0.05, 0) is 35.7 Å². The second-order valence-electron chi connectivity index (χ2n) is 7.04. The van der Waals surface area contributed by atoms with E-state index in [0.29, 0.717) is 52.7 Å². The quantitative estimate of drug-likeness (QED) is 0.684. The van der Waals surface area contributed by atoms with Gasteiger partial charge in [-0.25, -0.2) is 0 Å². The maximum absolute atomic E-state index is 12.9. The second-order valence-corrected chi connectivity index (χ2v) is 7.45. The van der Waals surface area contributed by atoms with Crippen LogP contribution >= 0.6 is 11.6 Å². The number of benzene rings is 2. The molecule has 0 radical (unpaired) electrons. The summed E-state index contributed by atoms with van der Waals surface area (Å²) in [6.45, 7) is 5.23. The SMILES string of the molecule is COc1cc(C(=O)N(C)Cc2ccc3c(c2)OCO3)cc(Cl)c1OCC(C)C. The van der Waals surface area contributed by atoms with Crippen LogP contribution in [0.15, 0.2) is 30.3 Å². The number of ether oxygens (including phenoxy) is 4. The zero-order chi connectivity index (χ0) is 20.3. The molecule has 0 saturated carbocycles. The number of rotatable bonds is 7. The highest BCUT2D eigenvalue weighted by atomic mass is 35.5. The molecule has 0 aliphatic carbocycles. The first-order valence-corrected chi connectivity index (χ1v) is 9.41. The highest BCUT2D eigenvalue weighted by molar-refractivity contribution is 6.32. The number of carbonyl (C=O) groups excluding carboxylic acids is 1. The Bertz CT molecular complexity index is 868. The minimum Gasteiger partial charge on any atom is -0.493 e. The summed E-state index contributed by atoms with van der Waals surface area (Å²) in [5, 5.41) is 0.347. The van der Waals surface area contributed by atoms with Crippen LogP contribution in [0.25, 0.3) is 0 Å². The molecule has 2 aromatic rings. The van der Waals surface area contributed by atoms with E-state index in [9.17, 15) is 4.79 Å². The molecule has 0 bridgehead atoms. The van der Waals surface area contributed by atoms with Crippen LogP contribution in [-0.2, 0) is 6.54 Å². The Morgan fingerprint density at radius 1 is 1.21 bits per heavy atom. The zero-order valence-electron chi connectivity index (χ0n) is 16.5. The molecule has 0 fully saturated rings. The molecule has 150 valence electrons. The first-order chi connectivity index (χ1) is 13.4. The van der Waals surface area contributed by atoms with Crippen molar-refractivity contribution >= 4 is 17.5 Å². The third-order valence-corrected chi connectivity index (χ3v) is 4.52. The van der Waals surface area contributed by atoms with Crippen molar-refractivity contribution in [3.8, 4) is 23.0 Å². The molecule has 0 spiro atoms. The van der Waals surface area contributed by atoms with E-state index in [1.165, 1.54) is 7.11 Å². The summed E-state index contributed by atoms with van der Waals surface area (Å²) >= 11 is 6.36. The number of amides is 1. The van der Waals surface area contributed by atoms with Gasteiger partial charge in [-0.2, -0.15) is 0 Å². The average Bonchev–Trinajstić information content (AvgIpc) is 3.13. The number of hydrogen-bond acceptors (Lipinski definition) is 5. The van der Waals surface area contributed by atoms with Gasteiger partial charge < -0.3 is 23.8 Å². The third-order valence-electron chi connectivity index (χ3n) is 4.24. The number of carbonyl (C=O) groups is 1. The van der Waals surface area contributed by atoms with Gasteiger partial charge in [0.2, 0.25) is 6.79 Å². The van der Waals surface area contributed by atoms with Crippen LogP contribution in [0.5, 0.6) is 23.0 Å².